The number of hydrogen-bond acceptors (Lipinski definition) is 5. The van der Waals surface area contributed by atoms with Crippen molar-refractivity contribution in [2.75, 3.05) is 13.2 Å². The highest BCUT2D eigenvalue weighted by atomic mass is 19.4. The number of ether oxygens (including phenoxy) is 2. The molecule has 12 heteroatoms. The normalized spacial score (nSPS) is 12.4. The summed E-state index contributed by atoms with van der Waals surface area (Å²) in [5.41, 5.74) is -1.19. The molecule has 0 spiro atoms. The molecule has 39 heavy (non-hydrogen) atoms. The second-order valence-electron chi connectivity index (χ2n) is 8.38. The Morgan fingerprint density at radius 1 is 0.641 bits per heavy atom. The number of benzene rings is 3. The van der Waals surface area contributed by atoms with E-state index in [9.17, 15) is 40.7 Å². The number of carbonyl (C=O) groups is 3. The number of halogens is 6. The maximum Gasteiger partial charge on any atom is 0.416 e. The minimum atomic E-state index is -4.60. The van der Waals surface area contributed by atoms with Crippen molar-refractivity contribution in [3.8, 4) is 0 Å². The van der Waals surface area contributed by atoms with Crippen LogP contribution in [-0.2, 0) is 21.8 Å². The van der Waals surface area contributed by atoms with Crippen molar-refractivity contribution < 1.29 is 50.2 Å². The van der Waals surface area contributed by atoms with Crippen LogP contribution in [0.15, 0.2) is 72.8 Å². The quantitative estimate of drug-likeness (QED) is 0.280. The Morgan fingerprint density at radius 2 is 1.00 bits per heavy atom. The minimum Gasteiger partial charge on any atom is -0.460 e. The minimum absolute atomic E-state index is 0.146. The summed E-state index contributed by atoms with van der Waals surface area (Å²) < 4.78 is 87.0. The summed E-state index contributed by atoms with van der Waals surface area (Å²) in [5, 5.41) is 2.42. The van der Waals surface area contributed by atoms with Crippen LogP contribution in [0.2, 0.25) is 0 Å². The van der Waals surface area contributed by atoms with E-state index in [-0.39, 0.29) is 16.7 Å². The van der Waals surface area contributed by atoms with Gasteiger partial charge in [-0.3, -0.25) is 4.79 Å². The van der Waals surface area contributed by atoms with Crippen molar-refractivity contribution in [1.29, 1.82) is 0 Å². The van der Waals surface area contributed by atoms with Crippen LogP contribution < -0.4 is 5.32 Å². The van der Waals surface area contributed by atoms with Gasteiger partial charge in [-0.2, -0.15) is 26.3 Å². The smallest absolute Gasteiger partial charge is 0.416 e. The lowest BCUT2D eigenvalue weighted by molar-refractivity contribution is -0.138. The van der Waals surface area contributed by atoms with E-state index in [1.165, 1.54) is 12.1 Å². The maximum atomic E-state index is 12.8. The van der Waals surface area contributed by atoms with E-state index in [1.807, 2.05) is 6.92 Å². The van der Waals surface area contributed by atoms with Crippen LogP contribution in [0.1, 0.15) is 47.8 Å². The molecule has 0 radical (unpaired) electrons. The molecule has 3 aromatic carbocycles. The fraction of sp³-hybridized carbons (Fsp3) is 0.222. The zero-order valence-corrected chi connectivity index (χ0v) is 20.2. The summed E-state index contributed by atoms with van der Waals surface area (Å²) in [7, 11) is 0. The second-order valence-corrected chi connectivity index (χ2v) is 8.38. The number of hydrogen-bond donors (Lipinski definition) is 1. The summed E-state index contributed by atoms with van der Waals surface area (Å²) in [4.78, 5) is 37.4. The van der Waals surface area contributed by atoms with Gasteiger partial charge >= 0.3 is 24.3 Å². The van der Waals surface area contributed by atoms with E-state index in [2.05, 4.69) is 5.32 Å². The van der Waals surface area contributed by atoms with Gasteiger partial charge < -0.3 is 14.8 Å². The molecule has 3 aromatic rings. The predicted octanol–water partition coefficient (Wildman–Crippen LogP) is 5.85. The molecule has 1 unspecified atom stereocenters. The Bertz CT molecular complexity index is 1300. The molecule has 0 aliphatic carbocycles. The molecule has 0 aliphatic heterocycles. The lowest BCUT2D eigenvalue weighted by Crippen LogP contribution is -2.42. The van der Waals surface area contributed by atoms with Gasteiger partial charge in [-0.15, -0.1) is 0 Å². The van der Waals surface area contributed by atoms with Gasteiger partial charge in [0.2, 0.25) is 0 Å². The van der Waals surface area contributed by atoms with Gasteiger partial charge in [0.1, 0.15) is 13.2 Å². The van der Waals surface area contributed by atoms with Gasteiger partial charge in [0.05, 0.1) is 28.3 Å². The number of alkyl halides is 6. The summed E-state index contributed by atoms with van der Waals surface area (Å²) in [6.45, 7) is 0.764. The number of carbonyl (C=O) groups excluding carboxylic acids is 3. The molecular weight excluding hydrogens is 532 g/mol. The average molecular weight is 553 g/mol. The summed E-state index contributed by atoms with van der Waals surface area (Å²) >= 11 is 0. The highest BCUT2D eigenvalue weighted by molar-refractivity contribution is 5.94. The van der Waals surface area contributed by atoms with Crippen LogP contribution in [-0.4, -0.2) is 37.1 Å². The van der Waals surface area contributed by atoms with Crippen LogP contribution in [0.3, 0.4) is 0 Å². The Kier molecular flexibility index (Phi) is 9.00. The largest absolute Gasteiger partial charge is 0.460 e. The first-order valence-electron chi connectivity index (χ1n) is 11.3. The van der Waals surface area contributed by atoms with E-state index in [1.54, 1.807) is 12.1 Å². The fourth-order valence-electron chi connectivity index (χ4n) is 3.21. The third kappa shape index (κ3) is 8.32. The summed E-state index contributed by atoms with van der Waals surface area (Å²) in [6.07, 6.45) is -9.20. The Labute approximate surface area is 218 Å². The molecule has 0 saturated carbocycles. The fourth-order valence-corrected chi connectivity index (χ4v) is 3.21. The standard InChI is InChI=1S/C27H21F6NO5/c1-16-2-4-18(5-3-16)24(36)38-14-22(34-23(35)17-6-10-20(11-7-17)26(28,29)30)15-39-25(37)19-8-12-21(13-9-19)27(31,32)33/h2-13,22H,14-15H2,1H3,(H,34,35). The van der Waals surface area contributed by atoms with Crippen molar-refractivity contribution in [3.05, 3.63) is 106 Å². The molecule has 0 aromatic heterocycles. The van der Waals surface area contributed by atoms with Gasteiger partial charge in [0, 0.05) is 5.56 Å². The van der Waals surface area contributed by atoms with Gasteiger partial charge in [-0.05, 0) is 67.6 Å². The van der Waals surface area contributed by atoms with Crippen LogP contribution in [0.25, 0.3) is 0 Å². The average Bonchev–Trinajstić information content (AvgIpc) is 2.89. The van der Waals surface area contributed by atoms with Gasteiger partial charge in [-0.1, -0.05) is 17.7 Å². The number of aryl methyl sites for hydroxylation is 1. The van der Waals surface area contributed by atoms with Crippen molar-refractivity contribution >= 4 is 17.8 Å². The lowest BCUT2D eigenvalue weighted by Gasteiger charge is -2.19. The third-order valence-corrected chi connectivity index (χ3v) is 5.38. The van der Waals surface area contributed by atoms with Crippen molar-refractivity contribution in [1.82, 2.24) is 5.32 Å². The highest BCUT2D eigenvalue weighted by Gasteiger charge is 2.31. The maximum absolute atomic E-state index is 12.8. The Balaban J connectivity index is 1.70. The molecule has 0 aliphatic rings. The van der Waals surface area contributed by atoms with Crippen molar-refractivity contribution in [2.45, 2.75) is 25.3 Å². The molecule has 1 amide bonds. The molecule has 6 nitrogen and oxygen atoms in total. The summed E-state index contributed by atoms with van der Waals surface area (Å²) in [6, 6.07) is 11.8. The van der Waals surface area contributed by atoms with Gasteiger partial charge in [-0.25, -0.2) is 9.59 Å². The van der Waals surface area contributed by atoms with Crippen molar-refractivity contribution in [2.24, 2.45) is 0 Å². The van der Waals surface area contributed by atoms with Crippen molar-refractivity contribution in [3.63, 3.8) is 0 Å². The third-order valence-electron chi connectivity index (χ3n) is 5.38. The molecule has 0 saturated heterocycles. The Hall–Kier alpha value is -4.35. The SMILES string of the molecule is Cc1ccc(C(=O)OCC(COC(=O)c2ccc(C(F)(F)F)cc2)NC(=O)c2ccc(C(F)(F)F)cc2)cc1. The van der Waals surface area contributed by atoms with Gasteiger partial charge in [0.15, 0.2) is 0 Å². The molecule has 1 N–H and O–H groups in total. The Morgan fingerprint density at radius 3 is 1.38 bits per heavy atom. The molecule has 3 rings (SSSR count). The van der Waals surface area contributed by atoms with Crippen LogP contribution in [0.5, 0.6) is 0 Å². The van der Waals surface area contributed by atoms with E-state index in [0.29, 0.717) is 24.3 Å². The molecular formula is C27H21F6NO5. The first kappa shape index (κ1) is 29.2. The second kappa shape index (κ2) is 12.0. The molecule has 0 fully saturated rings. The number of nitrogens with one attached hydrogen (secondary N) is 1. The van der Waals surface area contributed by atoms with E-state index in [4.69, 9.17) is 9.47 Å². The molecule has 206 valence electrons. The van der Waals surface area contributed by atoms with E-state index >= 15 is 0 Å². The molecule has 1 atom stereocenters. The summed E-state index contributed by atoms with van der Waals surface area (Å²) in [5.74, 6) is -2.61. The van der Waals surface area contributed by atoms with Crippen LogP contribution in [0, 0.1) is 6.92 Å². The zero-order chi connectivity index (χ0) is 28.8. The topological polar surface area (TPSA) is 81.7 Å². The monoisotopic (exact) mass is 553 g/mol. The number of esters is 2. The van der Waals surface area contributed by atoms with Crippen LogP contribution in [0.4, 0.5) is 26.3 Å². The molecule has 0 bridgehead atoms. The number of amides is 1. The van der Waals surface area contributed by atoms with E-state index < -0.39 is 60.6 Å². The van der Waals surface area contributed by atoms with Crippen LogP contribution >= 0.6 is 0 Å². The molecule has 0 heterocycles. The predicted molar refractivity (Wildman–Crippen MR) is 126 cm³/mol. The zero-order valence-electron chi connectivity index (χ0n) is 20.2. The van der Waals surface area contributed by atoms with Gasteiger partial charge in [0.25, 0.3) is 5.91 Å². The first-order chi connectivity index (χ1) is 18.2. The highest BCUT2D eigenvalue weighted by Crippen LogP contribution is 2.30. The number of rotatable bonds is 8. The first-order valence-corrected chi connectivity index (χ1v) is 11.3. The lowest BCUT2D eigenvalue weighted by atomic mass is 10.1. The van der Waals surface area contributed by atoms with E-state index in [0.717, 1.165) is 29.8 Å².